The fourth-order valence-electron chi connectivity index (χ4n) is 2.72. The van der Waals surface area contributed by atoms with Crippen molar-refractivity contribution in [2.24, 2.45) is 0 Å². The van der Waals surface area contributed by atoms with E-state index in [0.29, 0.717) is 5.76 Å². The highest BCUT2D eigenvalue weighted by atomic mass is 32.2. The quantitative estimate of drug-likeness (QED) is 0.574. The number of benzene rings is 2. The van der Waals surface area contributed by atoms with Crippen LogP contribution in [0.5, 0.6) is 0 Å². The molecule has 0 unspecified atom stereocenters. The molecule has 156 valence electrons. The molecule has 3 aromatic rings. The molecule has 0 spiro atoms. The smallest absolute Gasteiger partial charge is 0.253 e. The molecule has 0 fully saturated rings. The maximum Gasteiger partial charge on any atom is 0.253 e. The van der Waals surface area contributed by atoms with Crippen LogP contribution >= 0.6 is 0 Å². The molecule has 0 atom stereocenters. The average molecular weight is 427 g/mol. The van der Waals surface area contributed by atoms with Gasteiger partial charge >= 0.3 is 0 Å². The van der Waals surface area contributed by atoms with Crippen LogP contribution in [0.25, 0.3) is 0 Å². The van der Waals surface area contributed by atoms with Gasteiger partial charge in [0, 0.05) is 7.05 Å². The largest absolute Gasteiger partial charge is 0.467 e. The van der Waals surface area contributed by atoms with Gasteiger partial charge in [-0.25, -0.2) is 8.42 Å². The van der Waals surface area contributed by atoms with Gasteiger partial charge in [0.2, 0.25) is 15.9 Å². The molecule has 2 amide bonds. The molecule has 1 aromatic heterocycles. The standard InChI is InChI=1S/C21H21N3O5S/c1-24(30(27,28)17-9-3-2-4-10-17)15-20(25)23-19-12-6-5-11-18(19)21(26)22-14-16-8-7-13-29-16/h2-13H,14-15H2,1H3,(H,22,26)(H,23,25). The van der Waals surface area contributed by atoms with Crippen molar-refractivity contribution >= 4 is 27.5 Å². The van der Waals surface area contributed by atoms with Crippen molar-refractivity contribution in [3.05, 3.63) is 84.3 Å². The lowest BCUT2D eigenvalue weighted by Gasteiger charge is -2.17. The van der Waals surface area contributed by atoms with Crippen LogP contribution in [0.2, 0.25) is 0 Å². The molecule has 0 aliphatic carbocycles. The summed E-state index contributed by atoms with van der Waals surface area (Å²) in [6.07, 6.45) is 1.51. The molecule has 3 rings (SSSR count). The van der Waals surface area contributed by atoms with Crippen molar-refractivity contribution in [1.82, 2.24) is 9.62 Å². The van der Waals surface area contributed by atoms with Crippen LogP contribution in [0.4, 0.5) is 5.69 Å². The van der Waals surface area contributed by atoms with Gasteiger partial charge in [0.05, 0.1) is 35.5 Å². The van der Waals surface area contributed by atoms with Crippen LogP contribution in [0.3, 0.4) is 0 Å². The van der Waals surface area contributed by atoms with E-state index in [9.17, 15) is 18.0 Å². The predicted octanol–water partition coefficient (Wildman–Crippen LogP) is 2.47. The van der Waals surface area contributed by atoms with Crippen molar-refractivity contribution < 1.29 is 22.4 Å². The molecule has 30 heavy (non-hydrogen) atoms. The lowest BCUT2D eigenvalue weighted by Crippen LogP contribution is -2.35. The van der Waals surface area contributed by atoms with Gasteiger partial charge < -0.3 is 15.1 Å². The molecule has 2 N–H and O–H groups in total. The van der Waals surface area contributed by atoms with E-state index in [1.54, 1.807) is 54.6 Å². The maximum absolute atomic E-state index is 12.6. The summed E-state index contributed by atoms with van der Waals surface area (Å²) < 4.78 is 31.3. The minimum atomic E-state index is -3.80. The predicted molar refractivity (Wildman–Crippen MR) is 111 cm³/mol. The van der Waals surface area contributed by atoms with Gasteiger partial charge in [-0.2, -0.15) is 4.31 Å². The second-order valence-electron chi connectivity index (χ2n) is 6.43. The summed E-state index contributed by atoms with van der Waals surface area (Å²) in [4.78, 5) is 25.1. The monoisotopic (exact) mass is 427 g/mol. The Morgan fingerprint density at radius 1 is 0.967 bits per heavy atom. The number of likely N-dealkylation sites (N-methyl/N-ethyl adjacent to an activating group) is 1. The van der Waals surface area contributed by atoms with E-state index >= 15 is 0 Å². The zero-order valence-electron chi connectivity index (χ0n) is 16.2. The lowest BCUT2D eigenvalue weighted by atomic mass is 10.1. The lowest BCUT2D eigenvalue weighted by molar-refractivity contribution is -0.116. The van der Waals surface area contributed by atoms with E-state index in [1.165, 1.54) is 25.4 Å². The number of carbonyl (C=O) groups is 2. The highest BCUT2D eigenvalue weighted by molar-refractivity contribution is 7.89. The van der Waals surface area contributed by atoms with Gasteiger partial charge in [-0.05, 0) is 36.4 Å². The first kappa shape index (κ1) is 21.3. The Balaban J connectivity index is 1.66. The second-order valence-corrected chi connectivity index (χ2v) is 8.47. The van der Waals surface area contributed by atoms with Crippen molar-refractivity contribution in [2.75, 3.05) is 18.9 Å². The zero-order chi connectivity index (χ0) is 21.6. The molecule has 1 heterocycles. The minimum Gasteiger partial charge on any atom is -0.467 e. The minimum absolute atomic E-state index is 0.0954. The molecule has 0 bridgehead atoms. The van der Waals surface area contributed by atoms with E-state index in [-0.39, 0.29) is 22.7 Å². The van der Waals surface area contributed by atoms with Crippen molar-refractivity contribution in [3.63, 3.8) is 0 Å². The Morgan fingerprint density at radius 3 is 2.37 bits per heavy atom. The first-order valence-corrected chi connectivity index (χ1v) is 10.5. The molecule has 2 aromatic carbocycles. The maximum atomic E-state index is 12.6. The summed E-state index contributed by atoms with van der Waals surface area (Å²) in [6, 6.07) is 17.8. The van der Waals surface area contributed by atoms with E-state index in [0.717, 1.165) is 4.31 Å². The van der Waals surface area contributed by atoms with Gasteiger partial charge in [0.1, 0.15) is 5.76 Å². The zero-order valence-corrected chi connectivity index (χ0v) is 17.1. The molecule has 0 aliphatic rings. The van der Waals surface area contributed by atoms with Crippen LogP contribution in [0.1, 0.15) is 16.1 Å². The van der Waals surface area contributed by atoms with Crippen LogP contribution in [-0.2, 0) is 21.4 Å². The number of nitrogens with zero attached hydrogens (tertiary/aromatic N) is 1. The molecule has 9 heteroatoms. The Morgan fingerprint density at radius 2 is 1.67 bits per heavy atom. The summed E-state index contributed by atoms with van der Waals surface area (Å²) in [5.41, 5.74) is 0.538. The van der Waals surface area contributed by atoms with Gasteiger partial charge in [-0.3, -0.25) is 9.59 Å². The Kier molecular flexibility index (Phi) is 6.65. The van der Waals surface area contributed by atoms with Crippen LogP contribution in [0, 0.1) is 0 Å². The number of furan rings is 1. The summed E-state index contributed by atoms with van der Waals surface area (Å²) >= 11 is 0. The average Bonchev–Trinajstić information content (AvgIpc) is 3.26. The normalized spacial score (nSPS) is 11.3. The fourth-order valence-corrected chi connectivity index (χ4v) is 3.86. The Hall–Kier alpha value is -3.43. The number of hydrogen-bond acceptors (Lipinski definition) is 5. The molecular formula is C21H21N3O5S. The van der Waals surface area contributed by atoms with Crippen molar-refractivity contribution in [1.29, 1.82) is 0 Å². The fraction of sp³-hybridized carbons (Fsp3) is 0.143. The number of carbonyl (C=O) groups excluding carboxylic acids is 2. The summed E-state index contributed by atoms with van der Waals surface area (Å²) in [7, 11) is -2.48. The van der Waals surface area contributed by atoms with Gasteiger partial charge in [-0.1, -0.05) is 30.3 Å². The molecule has 8 nitrogen and oxygen atoms in total. The van der Waals surface area contributed by atoms with Gasteiger partial charge in [0.25, 0.3) is 5.91 Å². The van der Waals surface area contributed by atoms with Crippen molar-refractivity contribution in [3.8, 4) is 0 Å². The first-order valence-electron chi connectivity index (χ1n) is 9.09. The summed E-state index contributed by atoms with van der Waals surface area (Å²) in [6.45, 7) is -0.203. The molecular weight excluding hydrogens is 406 g/mol. The molecule has 0 saturated carbocycles. The summed E-state index contributed by atoms with van der Waals surface area (Å²) in [5, 5.41) is 5.32. The molecule has 0 saturated heterocycles. The van der Waals surface area contributed by atoms with Gasteiger partial charge in [0.15, 0.2) is 0 Å². The van der Waals surface area contributed by atoms with Crippen LogP contribution in [0.15, 0.2) is 82.3 Å². The number of rotatable bonds is 8. The van der Waals surface area contributed by atoms with E-state index in [4.69, 9.17) is 4.42 Å². The number of amides is 2. The topological polar surface area (TPSA) is 109 Å². The number of hydrogen-bond donors (Lipinski definition) is 2. The van der Waals surface area contributed by atoms with Crippen molar-refractivity contribution in [2.45, 2.75) is 11.4 Å². The van der Waals surface area contributed by atoms with E-state index < -0.39 is 28.4 Å². The second kappa shape index (κ2) is 9.38. The SMILES string of the molecule is CN(CC(=O)Nc1ccccc1C(=O)NCc1ccco1)S(=O)(=O)c1ccccc1. The third-order valence-corrected chi connectivity index (χ3v) is 6.08. The third kappa shape index (κ3) is 5.13. The highest BCUT2D eigenvalue weighted by Crippen LogP contribution is 2.17. The van der Waals surface area contributed by atoms with Crippen LogP contribution < -0.4 is 10.6 Å². The van der Waals surface area contributed by atoms with E-state index in [1.807, 2.05) is 0 Å². The molecule has 0 radical (unpaired) electrons. The number of para-hydroxylation sites is 1. The number of nitrogens with one attached hydrogen (secondary N) is 2. The Bertz CT molecular complexity index is 1110. The Labute approximate surface area is 174 Å². The van der Waals surface area contributed by atoms with Crippen LogP contribution in [-0.4, -0.2) is 38.1 Å². The van der Waals surface area contributed by atoms with E-state index in [2.05, 4.69) is 10.6 Å². The van der Waals surface area contributed by atoms with Gasteiger partial charge in [-0.15, -0.1) is 0 Å². The first-order chi connectivity index (χ1) is 14.4. The third-order valence-electron chi connectivity index (χ3n) is 4.27. The highest BCUT2D eigenvalue weighted by Gasteiger charge is 2.23. The number of anilines is 1. The molecule has 0 aliphatic heterocycles. The summed E-state index contributed by atoms with van der Waals surface area (Å²) in [5.74, 6) is -0.367. The number of sulfonamides is 1.